The summed E-state index contributed by atoms with van der Waals surface area (Å²) in [5.41, 5.74) is 4.46. The molecule has 0 fully saturated rings. The second-order valence-corrected chi connectivity index (χ2v) is 7.47. The van der Waals surface area contributed by atoms with Crippen LogP contribution in [0.3, 0.4) is 0 Å². The Morgan fingerprint density at radius 3 is 2.39 bits per heavy atom. The van der Waals surface area contributed by atoms with Gasteiger partial charge in [-0.25, -0.2) is 0 Å². The van der Waals surface area contributed by atoms with Crippen molar-refractivity contribution in [3.63, 3.8) is 0 Å². The Bertz CT molecular complexity index is 952. The fraction of sp³-hybridized carbons (Fsp3) is 0.318. The highest BCUT2D eigenvalue weighted by Crippen LogP contribution is 2.30. The van der Waals surface area contributed by atoms with Crippen LogP contribution in [0.2, 0.25) is 0 Å². The van der Waals surface area contributed by atoms with E-state index in [0.717, 1.165) is 40.9 Å². The molecule has 6 heteroatoms. The van der Waals surface area contributed by atoms with E-state index in [2.05, 4.69) is 82.9 Å². The molecule has 0 aliphatic heterocycles. The standard InChI is InChI=1S/C22H25N5S/c1-4-26(5-2)19-13-11-18(12-14-19)21-24-25-22(28-16-8-15-23)27(21)20-10-7-6-9-17(20)3/h6-7,9-14H,4-5,8,16H2,1-3H3. The number of anilines is 1. The molecule has 2 aromatic carbocycles. The smallest absolute Gasteiger partial charge is 0.196 e. The van der Waals surface area contributed by atoms with Crippen LogP contribution in [-0.2, 0) is 0 Å². The summed E-state index contributed by atoms with van der Waals surface area (Å²) in [4.78, 5) is 2.32. The molecular weight excluding hydrogens is 366 g/mol. The van der Waals surface area contributed by atoms with Gasteiger partial charge in [0.1, 0.15) is 0 Å². The van der Waals surface area contributed by atoms with Crippen LogP contribution in [0.15, 0.2) is 53.7 Å². The van der Waals surface area contributed by atoms with Gasteiger partial charge in [0.15, 0.2) is 11.0 Å². The van der Waals surface area contributed by atoms with E-state index in [1.54, 1.807) is 11.8 Å². The number of thioether (sulfide) groups is 1. The van der Waals surface area contributed by atoms with Crippen molar-refractivity contribution in [2.24, 2.45) is 0 Å². The molecule has 0 amide bonds. The highest BCUT2D eigenvalue weighted by Gasteiger charge is 2.17. The van der Waals surface area contributed by atoms with Gasteiger partial charge in [-0.15, -0.1) is 10.2 Å². The Morgan fingerprint density at radius 2 is 1.75 bits per heavy atom. The molecule has 3 rings (SSSR count). The fourth-order valence-corrected chi connectivity index (χ4v) is 3.97. The molecule has 5 nitrogen and oxygen atoms in total. The molecule has 0 saturated carbocycles. The predicted molar refractivity (Wildman–Crippen MR) is 116 cm³/mol. The van der Waals surface area contributed by atoms with E-state index in [0.29, 0.717) is 12.2 Å². The average molecular weight is 392 g/mol. The number of nitriles is 1. The number of benzene rings is 2. The maximum absolute atomic E-state index is 8.86. The van der Waals surface area contributed by atoms with Crippen molar-refractivity contribution in [1.29, 1.82) is 5.26 Å². The lowest BCUT2D eigenvalue weighted by atomic mass is 10.1. The second kappa shape index (κ2) is 9.43. The fourth-order valence-electron chi connectivity index (χ4n) is 3.18. The SMILES string of the molecule is CCN(CC)c1ccc(-c2nnc(SCCC#N)n2-c2ccccc2C)cc1. The Labute approximate surface area is 171 Å². The van der Waals surface area contributed by atoms with E-state index < -0.39 is 0 Å². The monoisotopic (exact) mass is 391 g/mol. The highest BCUT2D eigenvalue weighted by atomic mass is 32.2. The Kier molecular flexibility index (Phi) is 6.72. The maximum atomic E-state index is 8.86. The van der Waals surface area contributed by atoms with E-state index in [1.807, 2.05) is 12.1 Å². The number of para-hydroxylation sites is 1. The third-order valence-electron chi connectivity index (χ3n) is 4.69. The Hall–Kier alpha value is -2.78. The number of hydrogen-bond acceptors (Lipinski definition) is 5. The number of hydrogen-bond donors (Lipinski definition) is 0. The summed E-state index contributed by atoms with van der Waals surface area (Å²) >= 11 is 1.56. The normalized spacial score (nSPS) is 10.6. The van der Waals surface area contributed by atoms with E-state index in [1.165, 1.54) is 5.69 Å². The molecule has 0 radical (unpaired) electrons. The molecule has 28 heavy (non-hydrogen) atoms. The molecule has 0 aliphatic rings. The van der Waals surface area contributed by atoms with Crippen LogP contribution in [0.25, 0.3) is 17.1 Å². The van der Waals surface area contributed by atoms with Gasteiger partial charge in [-0.3, -0.25) is 4.57 Å². The van der Waals surface area contributed by atoms with Crippen molar-refractivity contribution < 1.29 is 0 Å². The Morgan fingerprint density at radius 1 is 1.04 bits per heavy atom. The highest BCUT2D eigenvalue weighted by molar-refractivity contribution is 7.99. The van der Waals surface area contributed by atoms with E-state index in [4.69, 9.17) is 5.26 Å². The number of nitrogens with zero attached hydrogens (tertiary/aromatic N) is 5. The van der Waals surface area contributed by atoms with Gasteiger partial charge in [0, 0.05) is 36.5 Å². The van der Waals surface area contributed by atoms with Crippen molar-refractivity contribution in [3.05, 3.63) is 54.1 Å². The van der Waals surface area contributed by atoms with Crippen LogP contribution in [0, 0.1) is 18.3 Å². The zero-order valence-electron chi connectivity index (χ0n) is 16.6. The topological polar surface area (TPSA) is 57.7 Å². The van der Waals surface area contributed by atoms with Crippen molar-refractivity contribution in [1.82, 2.24) is 14.8 Å². The minimum Gasteiger partial charge on any atom is -0.372 e. The lowest BCUT2D eigenvalue weighted by molar-refractivity contribution is 0.866. The molecule has 1 aromatic heterocycles. The molecule has 0 aliphatic carbocycles. The van der Waals surface area contributed by atoms with Gasteiger partial charge in [-0.2, -0.15) is 5.26 Å². The molecule has 144 valence electrons. The quantitative estimate of drug-likeness (QED) is 0.395. The second-order valence-electron chi connectivity index (χ2n) is 6.40. The van der Waals surface area contributed by atoms with Crippen LogP contribution < -0.4 is 4.90 Å². The molecule has 0 bridgehead atoms. The van der Waals surface area contributed by atoms with Gasteiger partial charge in [0.2, 0.25) is 0 Å². The molecular formula is C22H25N5S. The molecule has 3 aromatic rings. The van der Waals surface area contributed by atoms with Crippen LogP contribution in [0.1, 0.15) is 25.8 Å². The first-order valence-corrected chi connectivity index (χ1v) is 10.5. The minimum absolute atomic E-state index is 0.485. The molecule has 1 heterocycles. The van der Waals surface area contributed by atoms with Gasteiger partial charge in [-0.05, 0) is 56.7 Å². The van der Waals surface area contributed by atoms with E-state index in [9.17, 15) is 0 Å². The zero-order chi connectivity index (χ0) is 19.9. The summed E-state index contributed by atoms with van der Waals surface area (Å²) in [5, 5.41) is 18.6. The summed E-state index contributed by atoms with van der Waals surface area (Å²) in [6.07, 6.45) is 0.485. The van der Waals surface area contributed by atoms with E-state index >= 15 is 0 Å². The van der Waals surface area contributed by atoms with Crippen LogP contribution in [0.4, 0.5) is 5.69 Å². The number of rotatable bonds is 8. The minimum atomic E-state index is 0.485. The van der Waals surface area contributed by atoms with Gasteiger partial charge >= 0.3 is 0 Å². The average Bonchev–Trinajstić information content (AvgIpc) is 3.14. The van der Waals surface area contributed by atoms with E-state index in [-0.39, 0.29) is 0 Å². The first-order valence-electron chi connectivity index (χ1n) is 9.56. The van der Waals surface area contributed by atoms with Crippen molar-refractivity contribution >= 4 is 17.4 Å². The number of aromatic nitrogens is 3. The van der Waals surface area contributed by atoms with Gasteiger partial charge in [0.25, 0.3) is 0 Å². The molecule has 0 N–H and O–H groups in total. The summed E-state index contributed by atoms with van der Waals surface area (Å²) in [6, 6.07) is 18.9. The van der Waals surface area contributed by atoms with Crippen molar-refractivity contribution in [2.45, 2.75) is 32.3 Å². The lowest BCUT2D eigenvalue weighted by Crippen LogP contribution is -2.21. The third-order valence-corrected chi connectivity index (χ3v) is 5.62. The molecule has 0 atom stereocenters. The summed E-state index contributed by atoms with van der Waals surface area (Å²) in [5.74, 6) is 1.52. The van der Waals surface area contributed by atoms with Crippen LogP contribution in [0.5, 0.6) is 0 Å². The third kappa shape index (κ3) is 4.20. The van der Waals surface area contributed by atoms with Gasteiger partial charge in [-0.1, -0.05) is 30.0 Å². The zero-order valence-corrected chi connectivity index (χ0v) is 17.4. The largest absolute Gasteiger partial charge is 0.372 e. The number of aryl methyl sites for hydroxylation is 1. The first kappa shape index (κ1) is 20.0. The van der Waals surface area contributed by atoms with Gasteiger partial charge in [0.05, 0.1) is 11.8 Å². The molecule has 0 spiro atoms. The molecule has 0 unspecified atom stereocenters. The predicted octanol–water partition coefficient (Wildman–Crippen LogP) is 5.09. The Balaban J connectivity index is 2.04. The maximum Gasteiger partial charge on any atom is 0.196 e. The van der Waals surface area contributed by atoms with Crippen LogP contribution >= 0.6 is 11.8 Å². The summed E-state index contributed by atoms with van der Waals surface area (Å²) < 4.78 is 2.10. The van der Waals surface area contributed by atoms with Crippen molar-refractivity contribution in [2.75, 3.05) is 23.7 Å². The molecule has 0 saturated heterocycles. The van der Waals surface area contributed by atoms with Gasteiger partial charge < -0.3 is 4.90 Å². The summed E-state index contributed by atoms with van der Waals surface area (Å²) in [7, 11) is 0. The van der Waals surface area contributed by atoms with Crippen molar-refractivity contribution in [3.8, 4) is 23.1 Å². The first-order chi connectivity index (χ1) is 13.7. The lowest BCUT2D eigenvalue weighted by Gasteiger charge is -2.21. The summed E-state index contributed by atoms with van der Waals surface area (Å²) in [6.45, 7) is 8.38. The van der Waals surface area contributed by atoms with Crippen LogP contribution in [-0.4, -0.2) is 33.6 Å².